The molecular weight excluding hydrogens is 274 g/mol. The minimum atomic E-state index is -0.334. The van der Waals surface area contributed by atoms with Crippen molar-refractivity contribution in [3.63, 3.8) is 0 Å². The Morgan fingerprint density at radius 1 is 1.56 bits per heavy atom. The molecular formula is C10H16BrN3O2. The molecule has 0 saturated carbocycles. The van der Waals surface area contributed by atoms with E-state index >= 15 is 0 Å². The van der Waals surface area contributed by atoms with E-state index in [4.69, 9.17) is 0 Å². The summed E-state index contributed by atoms with van der Waals surface area (Å²) in [7, 11) is 0. The number of nitrogens with zero attached hydrogens (tertiary/aromatic N) is 3. The number of rotatable bonds is 5. The van der Waals surface area contributed by atoms with Crippen molar-refractivity contribution in [2.45, 2.75) is 45.0 Å². The van der Waals surface area contributed by atoms with Gasteiger partial charge in [0.25, 0.3) is 0 Å². The molecule has 16 heavy (non-hydrogen) atoms. The third-order valence-corrected chi connectivity index (χ3v) is 3.51. The maximum absolute atomic E-state index is 11.0. The summed E-state index contributed by atoms with van der Waals surface area (Å²) >= 11 is 3.51. The molecule has 0 amide bonds. The molecule has 1 aromatic rings. The van der Waals surface area contributed by atoms with Gasteiger partial charge >= 0.3 is 5.69 Å². The van der Waals surface area contributed by atoms with Gasteiger partial charge in [-0.2, -0.15) is 5.10 Å². The first-order valence-corrected chi connectivity index (χ1v) is 6.27. The highest BCUT2D eigenvalue weighted by atomic mass is 79.9. The average Bonchev–Trinajstić information content (AvgIpc) is 2.54. The number of nitro groups is 1. The maximum Gasteiger partial charge on any atom is 0.313 e. The lowest BCUT2D eigenvalue weighted by Crippen LogP contribution is -2.10. The summed E-state index contributed by atoms with van der Waals surface area (Å²) in [6.45, 7) is 6.33. The maximum atomic E-state index is 11.0. The van der Waals surface area contributed by atoms with Gasteiger partial charge in [0.05, 0.1) is 4.92 Å². The molecule has 0 aliphatic rings. The first-order chi connectivity index (χ1) is 7.51. The first kappa shape index (κ1) is 13.2. The van der Waals surface area contributed by atoms with Gasteiger partial charge in [0.15, 0.2) is 0 Å². The average molecular weight is 290 g/mol. The zero-order valence-corrected chi connectivity index (χ0v) is 11.3. The van der Waals surface area contributed by atoms with Crippen LogP contribution in [0.1, 0.15) is 31.7 Å². The Balaban J connectivity index is 3.16. The molecule has 1 unspecified atom stereocenters. The molecule has 0 aromatic carbocycles. The fourth-order valence-electron chi connectivity index (χ4n) is 1.68. The van der Waals surface area contributed by atoms with E-state index in [9.17, 15) is 10.1 Å². The molecule has 6 heteroatoms. The van der Waals surface area contributed by atoms with Crippen molar-refractivity contribution in [2.24, 2.45) is 0 Å². The van der Waals surface area contributed by atoms with Crippen molar-refractivity contribution in [2.75, 3.05) is 0 Å². The van der Waals surface area contributed by atoms with E-state index in [1.807, 2.05) is 13.8 Å². The molecule has 0 N–H and O–H groups in total. The van der Waals surface area contributed by atoms with Crippen molar-refractivity contribution < 1.29 is 4.92 Å². The fourth-order valence-corrected chi connectivity index (χ4v) is 1.98. The van der Waals surface area contributed by atoms with Crippen molar-refractivity contribution in [3.05, 3.63) is 21.5 Å². The smallest absolute Gasteiger partial charge is 0.262 e. The van der Waals surface area contributed by atoms with Crippen LogP contribution in [0.25, 0.3) is 0 Å². The lowest BCUT2D eigenvalue weighted by atomic mass is 10.1. The molecule has 0 bridgehead atoms. The van der Waals surface area contributed by atoms with Gasteiger partial charge in [0.2, 0.25) is 0 Å². The number of hydrogen-bond donors (Lipinski definition) is 0. The Kier molecular flexibility index (Phi) is 4.46. The third-order valence-electron chi connectivity index (χ3n) is 2.54. The summed E-state index contributed by atoms with van der Waals surface area (Å²) in [5.41, 5.74) is 1.38. The molecule has 0 aliphatic heterocycles. The quantitative estimate of drug-likeness (QED) is 0.476. The van der Waals surface area contributed by atoms with Gasteiger partial charge in [-0.15, -0.1) is 0 Å². The highest BCUT2D eigenvalue weighted by Gasteiger charge is 2.25. The Morgan fingerprint density at radius 3 is 2.62 bits per heavy atom. The Morgan fingerprint density at radius 2 is 2.19 bits per heavy atom. The molecule has 1 rings (SSSR count). The second kappa shape index (κ2) is 5.43. The topological polar surface area (TPSA) is 61.0 Å². The summed E-state index contributed by atoms with van der Waals surface area (Å²) in [5, 5.41) is 15.2. The van der Waals surface area contributed by atoms with Gasteiger partial charge in [-0.25, -0.2) is 0 Å². The van der Waals surface area contributed by atoms with E-state index in [1.54, 1.807) is 11.6 Å². The minimum absolute atomic E-state index is 0.166. The normalized spacial score (nSPS) is 12.8. The van der Waals surface area contributed by atoms with Gasteiger partial charge in [-0.1, -0.05) is 22.9 Å². The van der Waals surface area contributed by atoms with Gasteiger partial charge in [0.1, 0.15) is 11.4 Å². The predicted octanol–water partition coefficient (Wildman–Crippen LogP) is 2.84. The molecule has 1 atom stereocenters. The number of hydrogen-bond acceptors (Lipinski definition) is 3. The monoisotopic (exact) mass is 289 g/mol. The Bertz CT molecular complexity index is 390. The zero-order valence-electron chi connectivity index (χ0n) is 9.73. The SMILES string of the molecule is CCC(Br)Cc1c([N+](=O)[O-])c(C)nn1CC. The number of aromatic nitrogens is 2. The predicted molar refractivity (Wildman–Crippen MR) is 66.0 cm³/mol. The molecule has 0 radical (unpaired) electrons. The Labute approximate surface area is 103 Å². The van der Waals surface area contributed by atoms with E-state index < -0.39 is 0 Å². The third kappa shape index (κ3) is 2.61. The highest BCUT2D eigenvalue weighted by molar-refractivity contribution is 9.09. The Hall–Kier alpha value is -0.910. The molecule has 1 aromatic heterocycles. The van der Waals surface area contributed by atoms with Crippen LogP contribution < -0.4 is 0 Å². The van der Waals surface area contributed by atoms with Crippen molar-refractivity contribution in [3.8, 4) is 0 Å². The van der Waals surface area contributed by atoms with Gasteiger partial charge in [0, 0.05) is 17.8 Å². The van der Waals surface area contributed by atoms with Crippen molar-refractivity contribution >= 4 is 21.6 Å². The van der Waals surface area contributed by atoms with Crippen LogP contribution >= 0.6 is 15.9 Å². The van der Waals surface area contributed by atoms with E-state index in [1.165, 1.54) is 0 Å². The van der Waals surface area contributed by atoms with Crippen LogP contribution in [0.4, 0.5) is 5.69 Å². The van der Waals surface area contributed by atoms with Crippen LogP contribution in [0, 0.1) is 17.0 Å². The molecule has 5 nitrogen and oxygen atoms in total. The van der Waals surface area contributed by atoms with Crippen LogP contribution in [-0.4, -0.2) is 19.5 Å². The van der Waals surface area contributed by atoms with Crippen LogP contribution in [0.15, 0.2) is 0 Å². The van der Waals surface area contributed by atoms with E-state index in [-0.39, 0.29) is 15.4 Å². The van der Waals surface area contributed by atoms with Gasteiger partial charge in [-0.3, -0.25) is 14.8 Å². The summed E-state index contributed by atoms with van der Waals surface area (Å²) in [5.74, 6) is 0. The van der Waals surface area contributed by atoms with Crippen LogP contribution in [-0.2, 0) is 13.0 Å². The van der Waals surface area contributed by atoms with Crippen LogP contribution in [0.3, 0.4) is 0 Å². The molecule has 1 heterocycles. The molecule has 0 aliphatic carbocycles. The number of halogens is 1. The molecule has 90 valence electrons. The van der Waals surface area contributed by atoms with E-state index in [0.29, 0.717) is 24.4 Å². The lowest BCUT2D eigenvalue weighted by Gasteiger charge is -2.07. The summed E-state index contributed by atoms with van der Waals surface area (Å²) < 4.78 is 1.72. The first-order valence-electron chi connectivity index (χ1n) is 5.35. The van der Waals surface area contributed by atoms with E-state index in [0.717, 1.165) is 6.42 Å². The lowest BCUT2D eigenvalue weighted by molar-refractivity contribution is -0.386. The highest BCUT2D eigenvalue weighted by Crippen LogP contribution is 2.26. The summed E-state index contributed by atoms with van der Waals surface area (Å²) in [6, 6.07) is 0. The number of aryl methyl sites for hydroxylation is 2. The van der Waals surface area contributed by atoms with Crippen molar-refractivity contribution in [1.29, 1.82) is 0 Å². The summed E-state index contributed by atoms with van der Waals surface area (Å²) in [4.78, 5) is 10.9. The minimum Gasteiger partial charge on any atom is -0.262 e. The standard InChI is InChI=1S/C10H16BrN3O2/c1-4-8(11)6-9-10(14(15)16)7(3)12-13(9)5-2/h8H,4-6H2,1-3H3. The molecule has 0 spiro atoms. The molecule has 0 saturated heterocycles. The molecule has 0 fully saturated rings. The number of alkyl halides is 1. The van der Waals surface area contributed by atoms with Gasteiger partial charge in [-0.05, 0) is 20.3 Å². The van der Waals surface area contributed by atoms with Crippen LogP contribution in [0.2, 0.25) is 0 Å². The second-order valence-electron chi connectivity index (χ2n) is 3.66. The zero-order chi connectivity index (χ0) is 12.3. The van der Waals surface area contributed by atoms with Crippen molar-refractivity contribution in [1.82, 2.24) is 9.78 Å². The van der Waals surface area contributed by atoms with E-state index in [2.05, 4.69) is 21.0 Å². The van der Waals surface area contributed by atoms with Gasteiger partial charge < -0.3 is 0 Å². The largest absolute Gasteiger partial charge is 0.313 e. The fraction of sp³-hybridized carbons (Fsp3) is 0.700. The summed E-state index contributed by atoms with van der Waals surface area (Å²) in [6.07, 6.45) is 1.58. The van der Waals surface area contributed by atoms with Crippen LogP contribution in [0.5, 0.6) is 0 Å². The second-order valence-corrected chi connectivity index (χ2v) is 4.96.